The number of nitrogens with zero attached hydrogens (tertiary/aromatic N) is 2. The quantitative estimate of drug-likeness (QED) is 0.516. The number of esters is 1. The van der Waals surface area contributed by atoms with Crippen LogP contribution in [0, 0.1) is 0 Å². The molecule has 2 heterocycles. The summed E-state index contributed by atoms with van der Waals surface area (Å²) >= 11 is 0. The van der Waals surface area contributed by atoms with Gasteiger partial charge < -0.3 is 15.8 Å². The van der Waals surface area contributed by atoms with Gasteiger partial charge >= 0.3 is 5.97 Å². The summed E-state index contributed by atoms with van der Waals surface area (Å²) < 4.78 is 30.9. The van der Waals surface area contributed by atoms with Crippen LogP contribution in [-0.4, -0.2) is 56.8 Å². The molecule has 3 aromatic rings. The molecule has 1 aromatic heterocycles. The minimum atomic E-state index is -3.85. The summed E-state index contributed by atoms with van der Waals surface area (Å²) in [5.41, 5.74) is 10.9. The lowest BCUT2D eigenvalue weighted by Gasteiger charge is -2.18. The van der Waals surface area contributed by atoms with Crippen molar-refractivity contribution in [3.63, 3.8) is 0 Å². The summed E-state index contributed by atoms with van der Waals surface area (Å²) in [5.74, 6) is -0.376. The van der Waals surface area contributed by atoms with Gasteiger partial charge in [0.25, 0.3) is 5.91 Å². The van der Waals surface area contributed by atoms with Crippen molar-refractivity contribution >= 4 is 27.7 Å². The van der Waals surface area contributed by atoms with Crippen LogP contribution in [0.4, 0.5) is 5.82 Å². The predicted molar refractivity (Wildman–Crippen MR) is 127 cm³/mol. The zero-order valence-electron chi connectivity index (χ0n) is 18.7. The summed E-state index contributed by atoms with van der Waals surface area (Å²) in [4.78, 5) is 27.9. The van der Waals surface area contributed by atoms with Crippen molar-refractivity contribution in [1.29, 1.82) is 0 Å². The van der Waals surface area contributed by atoms with Crippen molar-refractivity contribution in [2.75, 3.05) is 33.0 Å². The van der Waals surface area contributed by atoms with Gasteiger partial charge in [-0.1, -0.05) is 24.3 Å². The third kappa shape index (κ3) is 4.50. The second-order valence-electron chi connectivity index (χ2n) is 7.90. The second kappa shape index (κ2) is 9.24. The molecule has 1 aliphatic heterocycles. The molecule has 0 saturated heterocycles. The van der Waals surface area contributed by atoms with Crippen molar-refractivity contribution in [3.05, 3.63) is 65.9 Å². The van der Waals surface area contributed by atoms with Crippen molar-refractivity contribution in [2.45, 2.75) is 11.3 Å². The Labute approximate surface area is 197 Å². The molecule has 0 aliphatic carbocycles. The van der Waals surface area contributed by atoms with Gasteiger partial charge in [0.05, 0.1) is 12.0 Å². The number of ether oxygens (including phenoxy) is 1. The summed E-state index contributed by atoms with van der Waals surface area (Å²) in [5, 5.41) is 2.83. The van der Waals surface area contributed by atoms with Crippen molar-refractivity contribution in [2.24, 2.45) is 0 Å². The smallest absolute Gasteiger partial charge is 0.321 e. The molecular weight excluding hydrogens is 456 g/mol. The van der Waals surface area contributed by atoms with Crippen LogP contribution in [0.5, 0.6) is 0 Å². The van der Waals surface area contributed by atoms with Gasteiger partial charge in [-0.3, -0.25) is 9.59 Å². The van der Waals surface area contributed by atoms with E-state index in [-0.39, 0.29) is 17.3 Å². The molecule has 0 radical (unpaired) electrons. The molecule has 176 valence electrons. The number of nitrogens with one attached hydrogen (secondary N) is 1. The number of hydrogen-bond acceptors (Lipinski definition) is 7. The molecule has 1 aliphatic rings. The Morgan fingerprint density at radius 2 is 1.79 bits per heavy atom. The van der Waals surface area contributed by atoms with Crippen molar-refractivity contribution < 1.29 is 22.7 Å². The highest BCUT2D eigenvalue weighted by Crippen LogP contribution is 2.32. The number of carbonyl (C=O) groups is 2. The minimum Gasteiger partial charge on any atom is -0.468 e. The molecule has 0 saturated carbocycles. The highest BCUT2D eigenvalue weighted by atomic mass is 32.2. The fourth-order valence-corrected chi connectivity index (χ4v) is 4.91. The Morgan fingerprint density at radius 3 is 2.50 bits per heavy atom. The number of fused-ring (bicyclic) bond motifs is 1. The first-order valence-corrected chi connectivity index (χ1v) is 12.0. The molecule has 0 atom stereocenters. The van der Waals surface area contributed by atoms with Gasteiger partial charge in [-0.2, -0.15) is 4.31 Å². The molecule has 2 aromatic carbocycles. The van der Waals surface area contributed by atoms with Crippen LogP contribution in [0.15, 0.2) is 59.6 Å². The maximum atomic E-state index is 12.7. The first kappa shape index (κ1) is 23.4. The van der Waals surface area contributed by atoms with E-state index in [2.05, 4.69) is 15.0 Å². The number of methoxy groups -OCH3 is 1. The van der Waals surface area contributed by atoms with Gasteiger partial charge in [-0.05, 0) is 47.4 Å². The van der Waals surface area contributed by atoms with Crippen LogP contribution in [0.25, 0.3) is 22.3 Å². The number of aromatic nitrogens is 1. The van der Waals surface area contributed by atoms with E-state index in [0.717, 1.165) is 38.5 Å². The fourth-order valence-electron chi connectivity index (χ4n) is 3.79. The fraction of sp³-hybridized carbons (Fsp3) is 0.208. The van der Waals surface area contributed by atoms with Crippen LogP contribution in [0.3, 0.4) is 0 Å². The molecule has 0 unspecified atom stereocenters. The zero-order valence-corrected chi connectivity index (χ0v) is 19.6. The topological polar surface area (TPSA) is 132 Å². The second-order valence-corrected chi connectivity index (χ2v) is 9.94. The largest absolute Gasteiger partial charge is 0.468 e. The number of sulfonamides is 1. The predicted octanol–water partition coefficient (Wildman–Crippen LogP) is 2.08. The lowest BCUT2D eigenvalue weighted by atomic mass is 9.94. The molecule has 4 rings (SSSR count). The van der Waals surface area contributed by atoms with Crippen molar-refractivity contribution in [3.8, 4) is 22.3 Å². The van der Waals surface area contributed by atoms with Gasteiger partial charge in [-0.15, -0.1) is 0 Å². The first-order chi connectivity index (χ1) is 16.2. The molecule has 3 N–H and O–H groups in total. The number of pyridine rings is 1. The third-order valence-electron chi connectivity index (χ3n) is 5.73. The van der Waals surface area contributed by atoms with E-state index in [0.29, 0.717) is 17.9 Å². The van der Waals surface area contributed by atoms with Gasteiger partial charge in [0, 0.05) is 36.5 Å². The van der Waals surface area contributed by atoms with Crippen LogP contribution in [0.2, 0.25) is 0 Å². The Balaban J connectivity index is 1.64. The van der Waals surface area contributed by atoms with E-state index in [1.807, 2.05) is 18.2 Å². The number of nitrogens with two attached hydrogens (primary N) is 1. The summed E-state index contributed by atoms with van der Waals surface area (Å²) in [6.45, 7) is 0.210. The van der Waals surface area contributed by atoms with E-state index in [1.165, 1.54) is 26.3 Å². The highest BCUT2D eigenvalue weighted by molar-refractivity contribution is 7.89. The van der Waals surface area contributed by atoms with Gasteiger partial charge in [0.2, 0.25) is 10.0 Å². The van der Waals surface area contributed by atoms with E-state index < -0.39 is 16.0 Å². The number of rotatable bonds is 6. The van der Waals surface area contributed by atoms with E-state index in [1.54, 1.807) is 24.4 Å². The Morgan fingerprint density at radius 1 is 1.09 bits per heavy atom. The van der Waals surface area contributed by atoms with E-state index in [9.17, 15) is 18.0 Å². The summed E-state index contributed by atoms with van der Waals surface area (Å²) in [6, 6.07) is 13.8. The van der Waals surface area contributed by atoms with Crippen LogP contribution in [0.1, 0.15) is 15.9 Å². The Kier molecular flexibility index (Phi) is 6.36. The standard InChI is InChI=1S/C24H24N4O5S/c1-28(14-22(29)33-2)34(31,32)19-6-3-15(4-7-19)18-12-21(23(25)27-13-18)16-5-8-20-17(11-16)9-10-26-24(20)30/h3-8,11-13H,9-10,14H2,1-2H3,(H2,25,27)(H,26,30). The number of hydrogen-bond donors (Lipinski definition) is 2. The third-order valence-corrected chi connectivity index (χ3v) is 7.55. The van der Waals surface area contributed by atoms with Crippen LogP contribution in [-0.2, 0) is 26.0 Å². The molecule has 0 spiro atoms. The number of anilines is 1. The molecule has 10 heteroatoms. The molecule has 9 nitrogen and oxygen atoms in total. The number of amides is 1. The highest BCUT2D eigenvalue weighted by Gasteiger charge is 2.23. The maximum absolute atomic E-state index is 12.7. The number of carbonyl (C=O) groups excluding carboxylic acids is 2. The van der Waals surface area contributed by atoms with Crippen LogP contribution >= 0.6 is 0 Å². The number of nitrogen functional groups attached to an aromatic ring is 1. The van der Waals surface area contributed by atoms with Gasteiger partial charge in [-0.25, -0.2) is 13.4 Å². The first-order valence-electron chi connectivity index (χ1n) is 10.5. The Hall–Kier alpha value is -3.76. The number of benzene rings is 2. The zero-order chi connectivity index (χ0) is 24.5. The SMILES string of the molecule is COC(=O)CN(C)S(=O)(=O)c1ccc(-c2cnc(N)c(-c3ccc4c(c3)CCNC4=O)c2)cc1. The minimum absolute atomic E-state index is 0.0549. The molecule has 34 heavy (non-hydrogen) atoms. The van der Waals surface area contributed by atoms with Crippen molar-refractivity contribution in [1.82, 2.24) is 14.6 Å². The van der Waals surface area contributed by atoms with E-state index >= 15 is 0 Å². The lowest BCUT2D eigenvalue weighted by molar-refractivity contribution is -0.140. The number of likely N-dealkylation sites (N-methyl/N-ethyl adjacent to an activating group) is 1. The lowest BCUT2D eigenvalue weighted by Crippen LogP contribution is -2.32. The molecule has 1 amide bonds. The van der Waals surface area contributed by atoms with E-state index in [4.69, 9.17) is 5.73 Å². The maximum Gasteiger partial charge on any atom is 0.321 e. The average Bonchev–Trinajstić information content (AvgIpc) is 2.84. The molecule has 0 fully saturated rings. The average molecular weight is 481 g/mol. The van der Waals surface area contributed by atoms with Gasteiger partial charge in [0.1, 0.15) is 12.4 Å². The molecule has 0 bridgehead atoms. The molecular formula is C24H24N4O5S. The van der Waals surface area contributed by atoms with Gasteiger partial charge in [0.15, 0.2) is 0 Å². The normalized spacial score (nSPS) is 13.3. The summed E-state index contributed by atoms with van der Waals surface area (Å²) in [7, 11) is -1.33. The summed E-state index contributed by atoms with van der Waals surface area (Å²) in [6.07, 6.45) is 2.36. The van der Waals surface area contributed by atoms with Crippen LogP contribution < -0.4 is 11.1 Å². The monoisotopic (exact) mass is 480 g/mol. The Bertz CT molecular complexity index is 1370.